The summed E-state index contributed by atoms with van der Waals surface area (Å²) >= 11 is 0. The number of hydrogen-bond donors (Lipinski definition) is 0. The van der Waals surface area contributed by atoms with Crippen LogP contribution in [0.5, 0.6) is 0 Å². The molecule has 8 heteroatoms. The molecule has 0 aromatic carbocycles. The number of hydrogen-bond acceptors (Lipinski definition) is 8. The fraction of sp³-hybridized carbons (Fsp3) is 0.550. The van der Waals surface area contributed by atoms with Crippen molar-refractivity contribution in [2.24, 2.45) is 5.41 Å². The van der Waals surface area contributed by atoms with Crippen molar-refractivity contribution >= 4 is 0 Å². The lowest BCUT2D eigenvalue weighted by molar-refractivity contribution is 0.144. The molecular formula is C20H22N6O2. The molecule has 0 amide bonds. The van der Waals surface area contributed by atoms with Crippen molar-refractivity contribution in [3.05, 3.63) is 42.1 Å². The molecular weight excluding hydrogens is 356 g/mol. The van der Waals surface area contributed by atoms with E-state index in [9.17, 15) is 0 Å². The number of pyridine rings is 1. The Labute approximate surface area is 162 Å². The standard InChI is InChI=1S/C20H22N6O2/c1-2-14(11-21-7-1)18-23-19(28-25-18)15-10-20(15)5-8-26(9-6-20)12-16-22-17(24-27-16)13-3-4-13/h1-2,7,11,13,15H,3-6,8-10,12H2/t15-/m1/s1. The van der Waals surface area contributed by atoms with Crippen LogP contribution in [0.4, 0.5) is 0 Å². The van der Waals surface area contributed by atoms with Crippen molar-refractivity contribution in [2.45, 2.75) is 50.5 Å². The molecule has 2 aliphatic carbocycles. The van der Waals surface area contributed by atoms with Crippen LogP contribution in [0.2, 0.25) is 0 Å². The topological polar surface area (TPSA) is 94.0 Å². The summed E-state index contributed by atoms with van der Waals surface area (Å²) in [7, 11) is 0. The molecule has 0 radical (unpaired) electrons. The Bertz CT molecular complexity index is 972. The van der Waals surface area contributed by atoms with E-state index >= 15 is 0 Å². The molecule has 4 heterocycles. The van der Waals surface area contributed by atoms with Crippen LogP contribution in [0.1, 0.15) is 61.5 Å². The SMILES string of the molecule is c1cncc(-c2noc([C@H]3CC34CCN(Cc3nc(C5CC5)no3)CC4)n2)c1. The van der Waals surface area contributed by atoms with Gasteiger partial charge in [0.15, 0.2) is 5.82 Å². The summed E-state index contributed by atoms with van der Waals surface area (Å²) in [6.07, 6.45) is 9.34. The molecule has 0 unspecified atom stereocenters. The molecule has 28 heavy (non-hydrogen) atoms. The quantitative estimate of drug-likeness (QED) is 0.668. The molecule has 3 aliphatic rings. The Morgan fingerprint density at radius 1 is 1.11 bits per heavy atom. The molecule has 3 aromatic heterocycles. The van der Waals surface area contributed by atoms with Crippen LogP contribution >= 0.6 is 0 Å². The second kappa shape index (κ2) is 6.20. The van der Waals surface area contributed by atoms with Gasteiger partial charge in [-0.1, -0.05) is 10.3 Å². The summed E-state index contributed by atoms with van der Waals surface area (Å²) in [6, 6.07) is 3.84. The van der Waals surface area contributed by atoms with Crippen molar-refractivity contribution in [3.63, 3.8) is 0 Å². The maximum atomic E-state index is 5.59. The molecule has 1 aliphatic heterocycles. The molecule has 3 fully saturated rings. The summed E-state index contributed by atoms with van der Waals surface area (Å²) in [6.45, 7) is 2.84. The smallest absolute Gasteiger partial charge is 0.240 e. The zero-order valence-electron chi connectivity index (χ0n) is 15.6. The molecule has 0 bridgehead atoms. The first-order valence-corrected chi connectivity index (χ1v) is 10.1. The number of piperidine rings is 1. The first-order valence-electron chi connectivity index (χ1n) is 10.1. The average Bonchev–Trinajstić information content (AvgIpc) is 3.59. The van der Waals surface area contributed by atoms with Crippen LogP contribution in [0.15, 0.2) is 33.6 Å². The highest BCUT2D eigenvalue weighted by molar-refractivity contribution is 5.52. The Morgan fingerprint density at radius 2 is 2.00 bits per heavy atom. The Balaban J connectivity index is 1.07. The molecule has 1 spiro atoms. The van der Waals surface area contributed by atoms with Gasteiger partial charge in [0.1, 0.15) is 0 Å². The van der Waals surface area contributed by atoms with Gasteiger partial charge in [0.05, 0.1) is 6.54 Å². The number of likely N-dealkylation sites (tertiary alicyclic amines) is 1. The van der Waals surface area contributed by atoms with E-state index in [0.29, 0.717) is 23.1 Å². The van der Waals surface area contributed by atoms with E-state index in [1.54, 1.807) is 12.4 Å². The summed E-state index contributed by atoms with van der Waals surface area (Å²) < 4.78 is 11.0. The van der Waals surface area contributed by atoms with Crippen LogP contribution in [-0.4, -0.2) is 43.3 Å². The highest BCUT2D eigenvalue weighted by atomic mass is 16.5. The monoisotopic (exact) mass is 378 g/mol. The van der Waals surface area contributed by atoms with Gasteiger partial charge in [0.25, 0.3) is 0 Å². The largest absolute Gasteiger partial charge is 0.339 e. The summed E-state index contributed by atoms with van der Waals surface area (Å²) in [5, 5.41) is 8.27. The molecule has 0 N–H and O–H groups in total. The van der Waals surface area contributed by atoms with E-state index in [1.807, 2.05) is 12.1 Å². The second-order valence-corrected chi connectivity index (χ2v) is 8.41. The van der Waals surface area contributed by atoms with E-state index < -0.39 is 0 Å². The van der Waals surface area contributed by atoms with E-state index in [4.69, 9.17) is 9.05 Å². The molecule has 3 aromatic rings. The maximum Gasteiger partial charge on any atom is 0.240 e. The molecule has 6 rings (SSSR count). The van der Waals surface area contributed by atoms with Gasteiger partial charge >= 0.3 is 0 Å². The maximum absolute atomic E-state index is 5.59. The van der Waals surface area contributed by atoms with E-state index in [-0.39, 0.29) is 0 Å². The van der Waals surface area contributed by atoms with Gasteiger partial charge in [-0.3, -0.25) is 9.88 Å². The third-order valence-electron chi connectivity index (χ3n) is 6.49. The van der Waals surface area contributed by atoms with E-state index in [0.717, 1.165) is 62.1 Å². The molecule has 2 saturated carbocycles. The predicted molar refractivity (Wildman–Crippen MR) is 98.1 cm³/mol. The van der Waals surface area contributed by atoms with Gasteiger partial charge in [0, 0.05) is 29.8 Å². The van der Waals surface area contributed by atoms with Crippen LogP contribution in [-0.2, 0) is 6.54 Å². The Kier molecular flexibility index (Phi) is 3.62. The molecule has 144 valence electrons. The van der Waals surface area contributed by atoms with Gasteiger partial charge in [-0.25, -0.2) is 0 Å². The van der Waals surface area contributed by atoms with Crippen LogP contribution in [0, 0.1) is 5.41 Å². The Morgan fingerprint density at radius 3 is 2.79 bits per heavy atom. The minimum Gasteiger partial charge on any atom is -0.339 e. The normalized spacial score (nSPS) is 23.9. The van der Waals surface area contributed by atoms with Gasteiger partial charge in [-0.2, -0.15) is 9.97 Å². The van der Waals surface area contributed by atoms with Crippen LogP contribution in [0.25, 0.3) is 11.4 Å². The number of rotatable bonds is 5. The van der Waals surface area contributed by atoms with Crippen molar-refractivity contribution in [3.8, 4) is 11.4 Å². The van der Waals surface area contributed by atoms with Gasteiger partial charge in [-0.05, 0) is 62.7 Å². The van der Waals surface area contributed by atoms with Crippen molar-refractivity contribution < 1.29 is 9.05 Å². The van der Waals surface area contributed by atoms with Gasteiger partial charge < -0.3 is 9.05 Å². The minimum atomic E-state index is 0.323. The lowest BCUT2D eigenvalue weighted by Gasteiger charge is -2.31. The van der Waals surface area contributed by atoms with Crippen LogP contribution in [0.3, 0.4) is 0 Å². The lowest BCUT2D eigenvalue weighted by atomic mass is 9.91. The first kappa shape index (κ1) is 16.4. The summed E-state index contributed by atoms with van der Waals surface area (Å²) in [5.41, 5.74) is 1.22. The summed E-state index contributed by atoms with van der Waals surface area (Å²) in [4.78, 5) is 15.7. The van der Waals surface area contributed by atoms with Gasteiger partial charge in [0.2, 0.25) is 17.6 Å². The van der Waals surface area contributed by atoms with Gasteiger partial charge in [-0.15, -0.1) is 0 Å². The highest BCUT2D eigenvalue weighted by Crippen LogP contribution is 2.64. The summed E-state index contributed by atoms with van der Waals surface area (Å²) in [5.74, 6) is 3.98. The van der Waals surface area contributed by atoms with E-state index in [1.165, 1.54) is 12.8 Å². The highest BCUT2D eigenvalue weighted by Gasteiger charge is 2.58. The van der Waals surface area contributed by atoms with Crippen LogP contribution < -0.4 is 0 Å². The fourth-order valence-corrected chi connectivity index (χ4v) is 4.43. The predicted octanol–water partition coefficient (Wildman–Crippen LogP) is 3.16. The molecule has 1 saturated heterocycles. The third-order valence-corrected chi connectivity index (χ3v) is 6.49. The first-order chi connectivity index (χ1) is 13.8. The molecule has 1 atom stereocenters. The zero-order valence-corrected chi connectivity index (χ0v) is 15.6. The number of nitrogens with zero attached hydrogens (tertiary/aromatic N) is 6. The van der Waals surface area contributed by atoms with Crippen molar-refractivity contribution in [2.75, 3.05) is 13.1 Å². The second-order valence-electron chi connectivity index (χ2n) is 8.41. The average molecular weight is 378 g/mol. The minimum absolute atomic E-state index is 0.323. The zero-order chi connectivity index (χ0) is 18.6. The fourth-order valence-electron chi connectivity index (χ4n) is 4.43. The van der Waals surface area contributed by atoms with Crippen molar-refractivity contribution in [1.82, 2.24) is 30.2 Å². The third kappa shape index (κ3) is 2.92. The lowest BCUT2D eigenvalue weighted by Crippen LogP contribution is -2.34. The van der Waals surface area contributed by atoms with E-state index in [2.05, 4.69) is 30.2 Å². The van der Waals surface area contributed by atoms with Crippen molar-refractivity contribution in [1.29, 1.82) is 0 Å². The Hall–Kier alpha value is -2.61. The number of aromatic nitrogens is 5. The molecule has 8 nitrogen and oxygen atoms in total.